The molecule has 18 heavy (non-hydrogen) atoms. The van der Waals surface area contributed by atoms with E-state index in [9.17, 15) is 13.2 Å². The third kappa shape index (κ3) is 5.08. The maximum atomic E-state index is 12.7. The summed E-state index contributed by atoms with van der Waals surface area (Å²) in [5, 5.41) is 0. The van der Waals surface area contributed by atoms with E-state index in [0.29, 0.717) is 25.2 Å². The number of unbranched alkanes of at least 4 members (excludes halogenated alkanes) is 2. The monoisotopic (exact) mass is 260 g/mol. The fourth-order valence-corrected chi connectivity index (χ4v) is 1.75. The van der Waals surface area contributed by atoms with Gasteiger partial charge < -0.3 is 4.74 Å². The molecular weight excluding hydrogens is 241 g/mol. The van der Waals surface area contributed by atoms with Gasteiger partial charge >= 0.3 is 6.18 Å². The molecular formula is C14H19F3O. The van der Waals surface area contributed by atoms with Crippen LogP contribution in [0.3, 0.4) is 0 Å². The minimum absolute atomic E-state index is 0.306. The minimum Gasteiger partial charge on any atom is -0.381 e. The molecule has 0 spiro atoms. The van der Waals surface area contributed by atoms with Gasteiger partial charge in [-0.25, -0.2) is 0 Å². The van der Waals surface area contributed by atoms with Gasteiger partial charge in [0.25, 0.3) is 0 Å². The number of ether oxygens (including phenoxy) is 1. The molecule has 0 saturated heterocycles. The van der Waals surface area contributed by atoms with Gasteiger partial charge in [-0.15, -0.1) is 0 Å². The van der Waals surface area contributed by atoms with Crippen molar-refractivity contribution in [3.05, 3.63) is 35.4 Å². The Labute approximate surface area is 106 Å². The van der Waals surface area contributed by atoms with Gasteiger partial charge in [-0.3, -0.25) is 0 Å². The summed E-state index contributed by atoms with van der Waals surface area (Å²) in [4.78, 5) is 0. The summed E-state index contributed by atoms with van der Waals surface area (Å²) in [6, 6.07) is 5.67. The van der Waals surface area contributed by atoms with Crippen LogP contribution in [0.5, 0.6) is 0 Å². The second-order valence-corrected chi connectivity index (χ2v) is 4.22. The average Bonchev–Trinajstić information content (AvgIpc) is 2.33. The van der Waals surface area contributed by atoms with E-state index in [-0.39, 0.29) is 0 Å². The Kier molecular flexibility index (Phi) is 6.19. The third-order valence-electron chi connectivity index (χ3n) is 2.73. The lowest BCUT2D eigenvalue weighted by molar-refractivity contribution is -0.138. The van der Waals surface area contributed by atoms with E-state index >= 15 is 0 Å². The zero-order valence-corrected chi connectivity index (χ0v) is 10.6. The molecule has 0 aromatic heterocycles. The first-order valence-electron chi connectivity index (χ1n) is 6.28. The summed E-state index contributed by atoms with van der Waals surface area (Å²) in [7, 11) is 0. The summed E-state index contributed by atoms with van der Waals surface area (Å²) < 4.78 is 43.4. The lowest BCUT2D eigenvalue weighted by Gasteiger charge is -2.12. The third-order valence-corrected chi connectivity index (χ3v) is 2.73. The van der Waals surface area contributed by atoms with Crippen molar-refractivity contribution in [2.75, 3.05) is 13.2 Å². The van der Waals surface area contributed by atoms with Crippen molar-refractivity contribution >= 4 is 0 Å². The summed E-state index contributed by atoms with van der Waals surface area (Å²) in [6.07, 6.45) is -0.794. The molecule has 0 bridgehead atoms. The first-order chi connectivity index (χ1) is 8.55. The van der Waals surface area contributed by atoms with E-state index < -0.39 is 11.7 Å². The highest BCUT2D eigenvalue weighted by atomic mass is 19.4. The van der Waals surface area contributed by atoms with Gasteiger partial charge in [0.2, 0.25) is 0 Å². The standard InChI is InChI=1S/C14H19F3O/c1-2-3-6-10-18-11-9-12-7-4-5-8-13(12)14(15,16)17/h4-5,7-8H,2-3,6,9-11H2,1H3. The molecule has 4 heteroatoms. The highest BCUT2D eigenvalue weighted by molar-refractivity contribution is 5.29. The summed E-state index contributed by atoms with van der Waals surface area (Å²) in [5.74, 6) is 0. The maximum absolute atomic E-state index is 12.7. The van der Waals surface area contributed by atoms with Crippen molar-refractivity contribution < 1.29 is 17.9 Å². The van der Waals surface area contributed by atoms with E-state index in [0.717, 1.165) is 25.3 Å². The van der Waals surface area contributed by atoms with Crippen molar-refractivity contribution in [2.45, 2.75) is 38.8 Å². The molecule has 0 saturated carbocycles. The summed E-state index contributed by atoms with van der Waals surface area (Å²) in [5.41, 5.74) is -0.248. The van der Waals surface area contributed by atoms with Crippen molar-refractivity contribution in [1.82, 2.24) is 0 Å². The van der Waals surface area contributed by atoms with Crippen molar-refractivity contribution in [2.24, 2.45) is 0 Å². The minimum atomic E-state index is -4.28. The zero-order valence-electron chi connectivity index (χ0n) is 10.6. The van der Waals surface area contributed by atoms with Crippen LogP contribution in [0.25, 0.3) is 0 Å². The number of rotatable bonds is 7. The molecule has 0 atom stereocenters. The predicted molar refractivity (Wildman–Crippen MR) is 65.5 cm³/mol. The van der Waals surface area contributed by atoms with Gasteiger partial charge in [-0.2, -0.15) is 13.2 Å². The van der Waals surface area contributed by atoms with Gasteiger partial charge in [0.15, 0.2) is 0 Å². The van der Waals surface area contributed by atoms with E-state index in [1.54, 1.807) is 6.07 Å². The smallest absolute Gasteiger partial charge is 0.381 e. The molecule has 1 aromatic carbocycles. The molecule has 0 aliphatic rings. The highest BCUT2D eigenvalue weighted by Gasteiger charge is 2.32. The Bertz CT molecular complexity index is 347. The number of halogens is 3. The first-order valence-corrected chi connectivity index (χ1v) is 6.28. The Morgan fingerprint density at radius 1 is 1.06 bits per heavy atom. The van der Waals surface area contributed by atoms with Crippen molar-refractivity contribution in [1.29, 1.82) is 0 Å². The predicted octanol–water partition coefficient (Wildman–Crippen LogP) is 4.45. The highest BCUT2D eigenvalue weighted by Crippen LogP contribution is 2.31. The van der Waals surface area contributed by atoms with Gasteiger partial charge in [-0.1, -0.05) is 38.0 Å². The Morgan fingerprint density at radius 3 is 2.44 bits per heavy atom. The molecule has 0 aliphatic carbocycles. The van der Waals surface area contributed by atoms with Crippen LogP contribution >= 0.6 is 0 Å². The van der Waals surface area contributed by atoms with Crippen molar-refractivity contribution in [3.63, 3.8) is 0 Å². The van der Waals surface area contributed by atoms with E-state index in [1.165, 1.54) is 12.1 Å². The zero-order chi connectivity index (χ0) is 13.4. The van der Waals surface area contributed by atoms with Crippen LogP contribution < -0.4 is 0 Å². The lowest BCUT2D eigenvalue weighted by atomic mass is 10.0. The largest absolute Gasteiger partial charge is 0.416 e. The number of hydrogen-bond acceptors (Lipinski definition) is 1. The van der Waals surface area contributed by atoms with Crippen LogP contribution in [0, 0.1) is 0 Å². The summed E-state index contributed by atoms with van der Waals surface area (Å²) >= 11 is 0. The average molecular weight is 260 g/mol. The van der Waals surface area contributed by atoms with E-state index in [1.807, 2.05) is 0 Å². The van der Waals surface area contributed by atoms with E-state index in [2.05, 4.69) is 6.92 Å². The molecule has 102 valence electrons. The van der Waals surface area contributed by atoms with Crippen LogP contribution in [-0.2, 0) is 17.3 Å². The normalized spacial score (nSPS) is 11.8. The van der Waals surface area contributed by atoms with Crippen molar-refractivity contribution in [3.8, 4) is 0 Å². The van der Waals surface area contributed by atoms with Crippen LogP contribution in [0.15, 0.2) is 24.3 Å². The fourth-order valence-electron chi connectivity index (χ4n) is 1.75. The molecule has 0 amide bonds. The van der Waals surface area contributed by atoms with Gasteiger partial charge in [0.05, 0.1) is 12.2 Å². The van der Waals surface area contributed by atoms with Crippen LogP contribution in [0.4, 0.5) is 13.2 Å². The fraction of sp³-hybridized carbons (Fsp3) is 0.571. The van der Waals surface area contributed by atoms with E-state index in [4.69, 9.17) is 4.74 Å². The van der Waals surface area contributed by atoms with Crippen LogP contribution in [0.2, 0.25) is 0 Å². The second kappa shape index (κ2) is 7.41. The molecule has 0 heterocycles. The molecule has 1 nitrogen and oxygen atoms in total. The Balaban J connectivity index is 2.43. The Morgan fingerprint density at radius 2 is 1.78 bits per heavy atom. The summed E-state index contributed by atoms with van der Waals surface area (Å²) in [6.45, 7) is 3.07. The van der Waals surface area contributed by atoms with Crippen LogP contribution in [0.1, 0.15) is 37.3 Å². The Hall–Kier alpha value is -1.03. The molecule has 1 rings (SSSR count). The maximum Gasteiger partial charge on any atom is 0.416 e. The number of hydrogen-bond donors (Lipinski definition) is 0. The topological polar surface area (TPSA) is 9.23 Å². The SMILES string of the molecule is CCCCCOCCc1ccccc1C(F)(F)F. The molecule has 0 N–H and O–H groups in total. The van der Waals surface area contributed by atoms with Gasteiger partial charge in [-0.05, 0) is 24.5 Å². The molecule has 0 fully saturated rings. The second-order valence-electron chi connectivity index (χ2n) is 4.22. The number of benzene rings is 1. The molecule has 1 aromatic rings. The molecule has 0 unspecified atom stereocenters. The quantitative estimate of drug-likeness (QED) is 0.658. The molecule has 0 radical (unpaired) electrons. The molecule has 0 aliphatic heterocycles. The first kappa shape index (κ1) is 15.0. The lowest BCUT2D eigenvalue weighted by Crippen LogP contribution is -2.11. The van der Waals surface area contributed by atoms with Gasteiger partial charge in [0.1, 0.15) is 0 Å². The number of alkyl halides is 3. The van der Waals surface area contributed by atoms with Gasteiger partial charge in [0, 0.05) is 6.61 Å². The van der Waals surface area contributed by atoms with Crippen LogP contribution in [-0.4, -0.2) is 13.2 Å².